The first-order valence-electron chi connectivity index (χ1n) is 8.04. The Bertz CT molecular complexity index is 961. The topological polar surface area (TPSA) is 82.4 Å². The average Bonchev–Trinajstić information content (AvgIpc) is 2.67. The van der Waals surface area contributed by atoms with Crippen LogP contribution in [0.3, 0.4) is 0 Å². The molecule has 0 aliphatic carbocycles. The van der Waals surface area contributed by atoms with Gasteiger partial charge in [0.1, 0.15) is 10.6 Å². The van der Waals surface area contributed by atoms with E-state index >= 15 is 0 Å². The Hall–Kier alpha value is -1.82. The number of sulfonamides is 1. The SMILES string of the molecule is COc1ccccc1C1CNCCN1S(=O)(=O)c1ccc(C#N)cc1Cl.Cl. The van der Waals surface area contributed by atoms with E-state index in [-0.39, 0.29) is 22.3 Å². The zero-order chi connectivity index (χ0) is 18.7. The Morgan fingerprint density at radius 2 is 2.04 bits per heavy atom. The normalized spacial score (nSPS) is 17.6. The van der Waals surface area contributed by atoms with Gasteiger partial charge in [0, 0.05) is 25.2 Å². The van der Waals surface area contributed by atoms with Crippen molar-refractivity contribution in [2.45, 2.75) is 10.9 Å². The molecule has 1 unspecified atom stereocenters. The fourth-order valence-corrected chi connectivity index (χ4v) is 5.21. The third kappa shape index (κ3) is 4.21. The summed E-state index contributed by atoms with van der Waals surface area (Å²) in [5.74, 6) is 0.632. The van der Waals surface area contributed by atoms with Crippen LogP contribution in [0.15, 0.2) is 47.4 Å². The summed E-state index contributed by atoms with van der Waals surface area (Å²) in [7, 11) is -2.28. The van der Waals surface area contributed by atoms with Crippen molar-refractivity contribution in [3.05, 3.63) is 58.6 Å². The van der Waals surface area contributed by atoms with E-state index in [1.54, 1.807) is 7.11 Å². The van der Waals surface area contributed by atoms with Crippen LogP contribution in [-0.4, -0.2) is 39.5 Å². The van der Waals surface area contributed by atoms with Gasteiger partial charge in [-0.25, -0.2) is 8.42 Å². The average molecular weight is 428 g/mol. The maximum absolute atomic E-state index is 13.3. The van der Waals surface area contributed by atoms with Crippen LogP contribution < -0.4 is 10.1 Å². The summed E-state index contributed by atoms with van der Waals surface area (Å²) in [6.45, 7) is 1.31. The third-order valence-corrected chi connectivity index (χ3v) is 6.73. The molecule has 2 aromatic rings. The lowest BCUT2D eigenvalue weighted by Crippen LogP contribution is -2.48. The number of nitriles is 1. The second-order valence-electron chi connectivity index (χ2n) is 5.83. The number of hydrogen-bond acceptors (Lipinski definition) is 5. The summed E-state index contributed by atoms with van der Waals surface area (Å²) < 4.78 is 33.4. The first kappa shape index (κ1) is 21.5. The zero-order valence-corrected chi connectivity index (χ0v) is 16.9. The lowest BCUT2D eigenvalue weighted by atomic mass is 10.0. The summed E-state index contributed by atoms with van der Waals surface area (Å²) in [5, 5.41) is 12.2. The molecule has 0 amide bonds. The van der Waals surface area contributed by atoms with E-state index < -0.39 is 16.1 Å². The molecule has 0 aromatic heterocycles. The van der Waals surface area contributed by atoms with E-state index in [0.29, 0.717) is 30.9 Å². The molecule has 1 heterocycles. The van der Waals surface area contributed by atoms with Crippen molar-refractivity contribution in [1.29, 1.82) is 5.26 Å². The highest BCUT2D eigenvalue weighted by Gasteiger charge is 2.36. The second-order valence-corrected chi connectivity index (χ2v) is 8.10. The van der Waals surface area contributed by atoms with Gasteiger partial charge in [0.2, 0.25) is 10.0 Å². The van der Waals surface area contributed by atoms with E-state index in [9.17, 15) is 8.42 Å². The molecule has 0 spiro atoms. The van der Waals surface area contributed by atoms with Gasteiger partial charge in [-0.3, -0.25) is 0 Å². The summed E-state index contributed by atoms with van der Waals surface area (Å²) in [6, 6.07) is 13.1. The molecule has 27 heavy (non-hydrogen) atoms. The van der Waals surface area contributed by atoms with Crippen molar-refractivity contribution < 1.29 is 13.2 Å². The minimum absolute atomic E-state index is 0. The first-order chi connectivity index (χ1) is 12.5. The Morgan fingerprint density at radius 3 is 2.70 bits per heavy atom. The number of nitrogens with one attached hydrogen (secondary N) is 1. The third-order valence-electron chi connectivity index (χ3n) is 4.34. The molecule has 0 bridgehead atoms. The van der Waals surface area contributed by atoms with E-state index in [1.807, 2.05) is 30.3 Å². The number of piperazine rings is 1. The highest BCUT2D eigenvalue weighted by molar-refractivity contribution is 7.89. The Kier molecular flexibility index (Phi) is 7.09. The quantitative estimate of drug-likeness (QED) is 0.810. The van der Waals surface area contributed by atoms with Gasteiger partial charge in [-0.15, -0.1) is 12.4 Å². The van der Waals surface area contributed by atoms with Crippen LogP contribution in [0.4, 0.5) is 0 Å². The maximum atomic E-state index is 13.3. The monoisotopic (exact) mass is 427 g/mol. The number of halogens is 2. The fourth-order valence-electron chi connectivity index (χ4n) is 3.09. The standard InChI is InChI=1S/C18H18ClN3O3S.ClH/c1-25-17-5-3-2-4-14(17)16-12-21-8-9-22(16)26(23,24)18-7-6-13(11-20)10-15(18)19;/h2-7,10,16,21H,8-9,12H2,1H3;1H. The van der Waals surface area contributed by atoms with E-state index in [2.05, 4.69) is 5.32 Å². The zero-order valence-electron chi connectivity index (χ0n) is 14.6. The summed E-state index contributed by atoms with van der Waals surface area (Å²) in [4.78, 5) is -0.0000328. The number of benzene rings is 2. The van der Waals surface area contributed by atoms with Crippen molar-refractivity contribution in [2.75, 3.05) is 26.7 Å². The van der Waals surface area contributed by atoms with Gasteiger partial charge in [0.25, 0.3) is 0 Å². The fraction of sp³-hybridized carbons (Fsp3) is 0.278. The Balaban J connectivity index is 0.00000261. The summed E-state index contributed by atoms with van der Waals surface area (Å²) in [5.41, 5.74) is 1.10. The largest absolute Gasteiger partial charge is 0.496 e. The number of para-hydroxylation sites is 1. The molecule has 0 saturated carbocycles. The minimum atomic E-state index is -3.84. The molecule has 9 heteroatoms. The predicted molar refractivity (Wildman–Crippen MR) is 106 cm³/mol. The minimum Gasteiger partial charge on any atom is -0.496 e. The Labute approximate surface area is 170 Å². The number of rotatable bonds is 4. The second kappa shape index (κ2) is 8.91. The first-order valence-corrected chi connectivity index (χ1v) is 9.86. The molecule has 1 N–H and O–H groups in total. The van der Waals surface area contributed by atoms with Gasteiger partial charge in [-0.2, -0.15) is 9.57 Å². The number of ether oxygens (including phenoxy) is 1. The molecule has 3 rings (SSSR count). The van der Waals surface area contributed by atoms with Gasteiger partial charge < -0.3 is 10.1 Å². The number of nitrogens with zero attached hydrogens (tertiary/aromatic N) is 2. The number of hydrogen-bond donors (Lipinski definition) is 1. The van der Waals surface area contributed by atoms with Crippen LogP contribution in [0.2, 0.25) is 5.02 Å². The predicted octanol–water partition coefficient (Wildman–Crippen LogP) is 2.98. The lowest BCUT2D eigenvalue weighted by molar-refractivity contribution is 0.264. The van der Waals surface area contributed by atoms with Crippen molar-refractivity contribution in [3.8, 4) is 11.8 Å². The Morgan fingerprint density at radius 1 is 1.30 bits per heavy atom. The number of methoxy groups -OCH3 is 1. The van der Waals surface area contributed by atoms with E-state index in [1.165, 1.54) is 22.5 Å². The van der Waals surface area contributed by atoms with E-state index in [4.69, 9.17) is 21.6 Å². The van der Waals surface area contributed by atoms with Crippen molar-refractivity contribution in [3.63, 3.8) is 0 Å². The van der Waals surface area contributed by atoms with Crippen molar-refractivity contribution in [1.82, 2.24) is 9.62 Å². The van der Waals surface area contributed by atoms with Gasteiger partial charge >= 0.3 is 0 Å². The molecular weight excluding hydrogens is 409 g/mol. The van der Waals surface area contributed by atoms with Crippen LogP contribution >= 0.6 is 24.0 Å². The van der Waals surface area contributed by atoms with E-state index in [0.717, 1.165) is 5.56 Å². The molecule has 144 valence electrons. The van der Waals surface area contributed by atoms with Gasteiger partial charge in [-0.1, -0.05) is 29.8 Å². The highest BCUT2D eigenvalue weighted by Crippen LogP contribution is 2.35. The molecule has 1 saturated heterocycles. The molecule has 0 radical (unpaired) electrons. The van der Waals surface area contributed by atoms with Gasteiger partial charge in [0.05, 0.1) is 29.8 Å². The molecule has 2 aromatic carbocycles. The summed E-state index contributed by atoms with van der Waals surface area (Å²) in [6.07, 6.45) is 0. The molecule has 1 atom stereocenters. The molecule has 1 aliphatic rings. The molecular formula is C18H19Cl2N3O3S. The lowest BCUT2D eigenvalue weighted by Gasteiger charge is -2.36. The smallest absolute Gasteiger partial charge is 0.245 e. The van der Waals surface area contributed by atoms with Crippen LogP contribution in [0.1, 0.15) is 17.2 Å². The van der Waals surface area contributed by atoms with Gasteiger partial charge in [0.15, 0.2) is 0 Å². The van der Waals surface area contributed by atoms with Crippen LogP contribution in [0.5, 0.6) is 5.75 Å². The van der Waals surface area contributed by atoms with Crippen LogP contribution in [0.25, 0.3) is 0 Å². The van der Waals surface area contributed by atoms with Crippen LogP contribution in [0, 0.1) is 11.3 Å². The summed E-state index contributed by atoms with van der Waals surface area (Å²) >= 11 is 6.17. The molecule has 1 fully saturated rings. The maximum Gasteiger partial charge on any atom is 0.245 e. The molecule has 1 aliphatic heterocycles. The van der Waals surface area contributed by atoms with Crippen LogP contribution in [-0.2, 0) is 10.0 Å². The van der Waals surface area contributed by atoms with Crippen molar-refractivity contribution >= 4 is 34.0 Å². The molecule has 6 nitrogen and oxygen atoms in total. The van der Waals surface area contributed by atoms with Crippen molar-refractivity contribution in [2.24, 2.45) is 0 Å². The highest BCUT2D eigenvalue weighted by atomic mass is 35.5. The van der Waals surface area contributed by atoms with Gasteiger partial charge in [-0.05, 0) is 24.3 Å².